The number of aromatic nitrogens is 2. The largest absolute Gasteiger partial charge is 0.399 e. The zero-order valence-electron chi connectivity index (χ0n) is 8.64. The molecule has 0 saturated carbocycles. The van der Waals surface area contributed by atoms with Crippen molar-refractivity contribution >= 4 is 15.5 Å². The molecule has 0 aliphatic carbocycles. The second-order valence-electron chi connectivity index (χ2n) is 3.51. The molecule has 0 bridgehead atoms. The van der Waals surface area contributed by atoms with Crippen molar-refractivity contribution in [1.82, 2.24) is 10.2 Å². The van der Waals surface area contributed by atoms with Gasteiger partial charge in [0.05, 0.1) is 11.9 Å². The van der Waals surface area contributed by atoms with Gasteiger partial charge in [0.25, 0.3) is 0 Å². The van der Waals surface area contributed by atoms with Gasteiger partial charge in [-0.15, -0.1) is 0 Å². The summed E-state index contributed by atoms with van der Waals surface area (Å²) in [4.78, 5) is 0.179. The number of sulfone groups is 1. The van der Waals surface area contributed by atoms with Crippen LogP contribution in [0.5, 0.6) is 0 Å². The van der Waals surface area contributed by atoms with Crippen molar-refractivity contribution in [3.63, 3.8) is 0 Å². The second-order valence-corrected chi connectivity index (χ2v) is 5.49. The molecule has 2 aromatic rings. The zero-order chi connectivity index (χ0) is 11.8. The van der Waals surface area contributed by atoms with Gasteiger partial charge in [-0.2, -0.15) is 5.10 Å². The Morgan fingerprint density at radius 2 is 2.12 bits per heavy atom. The smallest absolute Gasteiger partial charge is 0.179 e. The third-order valence-electron chi connectivity index (χ3n) is 2.18. The van der Waals surface area contributed by atoms with Gasteiger partial charge in [-0.1, -0.05) is 12.1 Å². The van der Waals surface area contributed by atoms with Crippen LogP contribution in [0.15, 0.2) is 35.4 Å². The fraction of sp³-hybridized carbons (Fsp3) is 0.100. The number of nitrogen functional groups attached to an aromatic ring is 1. The summed E-state index contributed by atoms with van der Waals surface area (Å²) in [6.07, 6.45) is 2.45. The van der Waals surface area contributed by atoms with Gasteiger partial charge in [0.15, 0.2) is 9.84 Å². The van der Waals surface area contributed by atoms with Crippen LogP contribution in [-0.4, -0.2) is 24.9 Å². The fourth-order valence-electron chi connectivity index (χ4n) is 1.46. The number of nitrogens with zero attached hydrogens (tertiary/aromatic N) is 1. The average Bonchev–Trinajstić information content (AvgIpc) is 2.65. The lowest BCUT2D eigenvalue weighted by molar-refractivity contribution is 0.602. The van der Waals surface area contributed by atoms with Gasteiger partial charge in [-0.05, 0) is 12.1 Å². The van der Waals surface area contributed by atoms with Gasteiger partial charge in [0, 0.05) is 17.5 Å². The van der Waals surface area contributed by atoms with E-state index >= 15 is 0 Å². The predicted octanol–water partition coefficient (Wildman–Crippen LogP) is 1.06. The Labute approximate surface area is 93.2 Å². The molecule has 0 radical (unpaired) electrons. The summed E-state index contributed by atoms with van der Waals surface area (Å²) in [6.45, 7) is 0. The summed E-state index contributed by atoms with van der Waals surface area (Å²) < 4.78 is 23.0. The number of aromatic amines is 1. The Hall–Kier alpha value is -1.82. The lowest BCUT2D eigenvalue weighted by Crippen LogP contribution is -1.97. The SMILES string of the molecule is CS(=O)(=O)c1cn[nH]c1-c1cccc(N)c1. The van der Waals surface area contributed by atoms with Crippen LogP contribution in [0.25, 0.3) is 11.3 Å². The molecule has 0 atom stereocenters. The average molecular weight is 237 g/mol. The molecule has 0 spiro atoms. The standard InChI is InChI=1S/C10H11N3O2S/c1-16(14,15)9-6-12-13-10(9)7-3-2-4-8(11)5-7/h2-6H,11H2,1H3,(H,12,13). The number of rotatable bonds is 2. The van der Waals surface area contributed by atoms with Crippen molar-refractivity contribution in [3.8, 4) is 11.3 Å². The number of H-pyrrole nitrogens is 1. The van der Waals surface area contributed by atoms with Crippen molar-refractivity contribution < 1.29 is 8.42 Å². The van der Waals surface area contributed by atoms with E-state index in [-0.39, 0.29) is 4.90 Å². The molecule has 0 amide bonds. The Balaban J connectivity index is 2.62. The lowest BCUT2D eigenvalue weighted by Gasteiger charge is -2.02. The molecule has 0 saturated heterocycles. The second kappa shape index (κ2) is 3.64. The highest BCUT2D eigenvalue weighted by Crippen LogP contribution is 2.25. The molecular weight excluding hydrogens is 226 g/mol. The van der Waals surface area contributed by atoms with Crippen LogP contribution in [0.2, 0.25) is 0 Å². The molecule has 1 aromatic carbocycles. The summed E-state index contributed by atoms with van der Waals surface area (Å²) in [6, 6.07) is 6.97. The molecule has 6 heteroatoms. The van der Waals surface area contributed by atoms with E-state index in [2.05, 4.69) is 10.2 Å². The quantitative estimate of drug-likeness (QED) is 0.764. The highest BCUT2D eigenvalue weighted by molar-refractivity contribution is 7.90. The monoisotopic (exact) mass is 237 g/mol. The van der Waals surface area contributed by atoms with Gasteiger partial charge in [0.2, 0.25) is 0 Å². The Kier molecular flexibility index (Phi) is 2.43. The first-order valence-corrected chi connectivity index (χ1v) is 6.47. The Bertz CT molecular complexity index is 616. The molecule has 1 aromatic heterocycles. The van der Waals surface area contributed by atoms with E-state index in [1.54, 1.807) is 24.3 Å². The minimum atomic E-state index is -3.29. The van der Waals surface area contributed by atoms with Crippen LogP contribution in [0.1, 0.15) is 0 Å². The summed E-state index contributed by atoms with van der Waals surface area (Å²) in [5, 5.41) is 6.42. The van der Waals surface area contributed by atoms with E-state index in [1.807, 2.05) is 0 Å². The molecule has 5 nitrogen and oxygen atoms in total. The van der Waals surface area contributed by atoms with Crippen molar-refractivity contribution in [2.75, 3.05) is 12.0 Å². The number of nitrogens with two attached hydrogens (primary N) is 1. The molecule has 2 rings (SSSR count). The summed E-state index contributed by atoms with van der Waals surface area (Å²) in [7, 11) is -3.29. The maximum Gasteiger partial charge on any atom is 0.179 e. The van der Waals surface area contributed by atoms with Crippen LogP contribution in [0, 0.1) is 0 Å². The molecule has 0 aliphatic rings. The normalized spacial score (nSPS) is 11.6. The summed E-state index contributed by atoms with van der Waals surface area (Å²) >= 11 is 0. The maximum absolute atomic E-state index is 11.5. The third-order valence-corrected chi connectivity index (χ3v) is 3.29. The van der Waals surface area contributed by atoms with E-state index in [4.69, 9.17) is 5.73 Å². The zero-order valence-corrected chi connectivity index (χ0v) is 9.45. The molecule has 16 heavy (non-hydrogen) atoms. The molecule has 0 aliphatic heterocycles. The van der Waals surface area contributed by atoms with Gasteiger partial charge in [-0.25, -0.2) is 8.42 Å². The maximum atomic E-state index is 11.5. The van der Waals surface area contributed by atoms with Crippen LogP contribution in [-0.2, 0) is 9.84 Å². The number of hydrogen-bond donors (Lipinski definition) is 2. The summed E-state index contributed by atoms with van der Waals surface area (Å²) in [5.41, 5.74) is 7.39. The van der Waals surface area contributed by atoms with Crippen LogP contribution >= 0.6 is 0 Å². The molecule has 84 valence electrons. The van der Waals surface area contributed by atoms with Crippen molar-refractivity contribution in [2.24, 2.45) is 0 Å². The number of anilines is 1. The number of benzene rings is 1. The van der Waals surface area contributed by atoms with E-state index < -0.39 is 9.84 Å². The van der Waals surface area contributed by atoms with Crippen molar-refractivity contribution in [2.45, 2.75) is 4.90 Å². The summed E-state index contributed by atoms with van der Waals surface area (Å²) in [5.74, 6) is 0. The van der Waals surface area contributed by atoms with E-state index in [0.29, 0.717) is 16.9 Å². The fourth-order valence-corrected chi connectivity index (χ4v) is 2.24. The van der Waals surface area contributed by atoms with Gasteiger partial charge in [0.1, 0.15) is 4.90 Å². The van der Waals surface area contributed by atoms with E-state index in [9.17, 15) is 8.42 Å². The van der Waals surface area contributed by atoms with Crippen molar-refractivity contribution in [1.29, 1.82) is 0 Å². The van der Waals surface area contributed by atoms with E-state index in [1.165, 1.54) is 6.20 Å². The Morgan fingerprint density at radius 1 is 1.38 bits per heavy atom. The highest BCUT2D eigenvalue weighted by atomic mass is 32.2. The molecule has 3 N–H and O–H groups in total. The van der Waals surface area contributed by atoms with Crippen LogP contribution < -0.4 is 5.73 Å². The molecule has 0 unspecified atom stereocenters. The topological polar surface area (TPSA) is 88.8 Å². The van der Waals surface area contributed by atoms with Gasteiger partial charge < -0.3 is 5.73 Å². The Morgan fingerprint density at radius 3 is 2.75 bits per heavy atom. The van der Waals surface area contributed by atoms with Crippen molar-refractivity contribution in [3.05, 3.63) is 30.5 Å². The third kappa shape index (κ3) is 1.92. The van der Waals surface area contributed by atoms with E-state index in [0.717, 1.165) is 6.26 Å². The first-order valence-electron chi connectivity index (χ1n) is 4.58. The van der Waals surface area contributed by atoms with Gasteiger partial charge >= 0.3 is 0 Å². The highest BCUT2D eigenvalue weighted by Gasteiger charge is 2.16. The number of hydrogen-bond acceptors (Lipinski definition) is 4. The molecular formula is C10H11N3O2S. The lowest BCUT2D eigenvalue weighted by atomic mass is 10.1. The first kappa shape index (κ1) is 10.7. The van der Waals surface area contributed by atoms with Crippen LogP contribution in [0.4, 0.5) is 5.69 Å². The number of nitrogens with one attached hydrogen (secondary N) is 1. The van der Waals surface area contributed by atoms with Crippen LogP contribution in [0.3, 0.4) is 0 Å². The predicted molar refractivity (Wildman–Crippen MR) is 61.5 cm³/mol. The van der Waals surface area contributed by atoms with Gasteiger partial charge in [-0.3, -0.25) is 5.10 Å². The first-order chi connectivity index (χ1) is 7.48. The molecule has 0 fully saturated rings. The molecule has 1 heterocycles. The minimum absolute atomic E-state index is 0.179. The minimum Gasteiger partial charge on any atom is -0.399 e.